The summed E-state index contributed by atoms with van der Waals surface area (Å²) >= 11 is 0. The molecule has 3 heterocycles. The van der Waals surface area contributed by atoms with Gasteiger partial charge in [0, 0.05) is 17.8 Å². The van der Waals surface area contributed by atoms with Crippen molar-refractivity contribution in [3.05, 3.63) is 89.5 Å². The second-order valence-corrected chi connectivity index (χ2v) is 9.42. The number of benzene rings is 1. The molecule has 1 aliphatic heterocycles. The van der Waals surface area contributed by atoms with Gasteiger partial charge in [0.25, 0.3) is 5.91 Å². The Hall–Kier alpha value is -5.30. The molecule has 1 saturated heterocycles. The van der Waals surface area contributed by atoms with E-state index in [-0.39, 0.29) is 29.4 Å². The van der Waals surface area contributed by atoms with Gasteiger partial charge >= 0.3 is 6.18 Å². The van der Waals surface area contributed by atoms with Crippen LogP contribution in [0.5, 0.6) is 0 Å². The predicted octanol–water partition coefficient (Wildman–Crippen LogP) is 4.94. The summed E-state index contributed by atoms with van der Waals surface area (Å²) in [4.78, 5) is 36.0. The molecule has 0 saturated carbocycles. The van der Waals surface area contributed by atoms with Crippen molar-refractivity contribution in [1.29, 1.82) is 5.26 Å². The van der Waals surface area contributed by atoms with Crippen molar-refractivity contribution in [2.75, 3.05) is 28.2 Å². The summed E-state index contributed by atoms with van der Waals surface area (Å²) in [5.41, 5.74) is -1.72. The van der Waals surface area contributed by atoms with Gasteiger partial charge in [0.05, 0.1) is 18.7 Å². The fraction of sp³-hybridized carbons (Fsp3) is 0.233. The van der Waals surface area contributed by atoms with Gasteiger partial charge in [-0.05, 0) is 61.4 Å². The van der Waals surface area contributed by atoms with Crippen LogP contribution in [0.25, 0.3) is 0 Å². The highest BCUT2D eigenvalue weighted by Crippen LogP contribution is 2.38. The maximum absolute atomic E-state index is 14.8. The minimum Gasteiger partial charge on any atom is -0.340 e. The van der Waals surface area contributed by atoms with E-state index in [0.717, 1.165) is 28.0 Å². The normalized spacial score (nSPS) is 16.1. The number of halogens is 5. The fourth-order valence-corrected chi connectivity index (χ4v) is 4.51. The van der Waals surface area contributed by atoms with Crippen LogP contribution in [0.4, 0.5) is 39.3 Å². The van der Waals surface area contributed by atoms with Crippen LogP contribution in [-0.2, 0) is 15.8 Å². The Kier molecular flexibility index (Phi) is 9.05. The van der Waals surface area contributed by atoms with Crippen LogP contribution in [0.3, 0.4) is 0 Å². The quantitative estimate of drug-likeness (QED) is 0.247. The summed E-state index contributed by atoms with van der Waals surface area (Å²) in [5.74, 6) is 3.47. The molecule has 0 bridgehead atoms. The average molecular weight is 595 g/mol. The molecule has 2 amide bonds. The topological polar surface area (TPSA) is 102 Å². The van der Waals surface area contributed by atoms with Crippen LogP contribution in [0.1, 0.15) is 28.9 Å². The summed E-state index contributed by atoms with van der Waals surface area (Å²) in [6.07, 6.45) is -5.83. The molecular weight excluding hydrogens is 571 g/mol. The fourth-order valence-electron chi connectivity index (χ4n) is 4.51. The first-order valence-electron chi connectivity index (χ1n) is 12.8. The maximum atomic E-state index is 14.8. The SMILES string of the molecule is C=CC(=O)Nc1cccc(C#CCN(C(=O)[C@@H]2C[C@H](F)CN2c2nc(C)cc(C(F)(F)F)c2C#N)c2ccc(F)cc2)n1. The Morgan fingerprint density at radius 3 is 2.58 bits per heavy atom. The Balaban J connectivity index is 1.71. The summed E-state index contributed by atoms with van der Waals surface area (Å²) in [6, 6.07) is 10.4. The Bertz CT molecular complexity index is 1660. The van der Waals surface area contributed by atoms with Gasteiger partial charge in [-0.3, -0.25) is 14.5 Å². The highest BCUT2D eigenvalue weighted by molar-refractivity contribution is 6.00. The molecule has 0 unspecified atom stereocenters. The van der Waals surface area contributed by atoms with Gasteiger partial charge in [0.2, 0.25) is 5.91 Å². The predicted molar refractivity (Wildman–Crippen MR) is 148 cm³/mol. The zero-order chi connectivity index (χ0) is 31.3. The Morgan fingerprint density at radius 2 is 1.93 bits per heavy atom. The molecule has 0 aliphatic carbocycles. The van der Waals surface area contributed by atoms with Crippen LogP contribution < -0.4 is 15.1 Å². The van der Waals surface area contributed by atoms with Crippen LogP contribution in [0.15, 0.2) is 61.2 Å². The van der Waals surface area contributed by atoms with Crippen molar-refractivity contribution in [3.63, 3.8) is 0 Å². The number of amides is 2. The van der Waals surface area contributed by atoms with E-state index < -0.39 is 65.9 Å². The van der Waals surface area contributed by atoms with E-state index in [9.17, 15) is 36.8 Å². The van der Waals surface area contributed by atoms with Crippen LogP contribution in [0, 0.1) is 35.9 Å². The van der Waals surface area contributed by atoms with Gasteiger partial charge in [0.1, 0.15) is 47.0 Å². The number of nitriles is 1. The largest absolute Gasteiger partial charge is 0.417 e. The molecule has 2 atom stereocenters. The third-order valence-electron chi connectivity index (χ3n) is 6.40. The zero-order valence-electron chi connectivity index (χ0n) is 22.6. The number of aromatic nitrogens is 2. The average Bonchev–Trinajstić information content (AvgIpc) is 3.36. The maximum Gasteiger partial charge on any atom is 0.417 e. The van der Waals surface area contributed by atoms with E-state index in [0.29, 0.717) is 6.07 Å². The minimum absolute atomic E-state index is 0.0740. The number of pyridine rings is 2. The number of hydrogen-bond donors (Lipinski definition) is 1. The van der Waals surface area contributed by atoms with Crippen molar-refractivity contribution < 1.29 is 31.5 Å². The first-order chi connectivity index (χ1) is 20.4. The second-order valence-electron chi connectivity index (χ2n) is 9.42. The zero-order valence-corrected chi connectivity index (χ0v) is 22.6. The molecule has 4 rings (SSSR count). The number of aryl methyl sites for hydroxylation is 1. The van der Waals surface area contributed by atoms with E-state index in [1.807, 2.05) is 0 Å². The van der Waals surface area contributed by atoms with E-state index in [1.165, 1.54) is 31.2 Å². The van der Waals surface area contributed by atoms with Crippen molar-refractivity contribution in [2.45, 2.75) is 31.7 Å². The number of anilines is 3. The number of nitrogens with zero attached hydrogens (tertiary/aromatic N) is 5. The standard InChI is InChI=1S/C30H23F5N6O2/c1-3-27(42)39-26-8-4-6-21(38-26)7-5-13-40(22-11-9-19(31)10-12-22)29(43)25-15-20(32)17-41(25)28-23(16-36)24(30(33,34)35)14-18(2)37-28/h3-4,6,8-12,14,20,25H,1,13,15,17H2,2H3,(H,38,39,42)/t20-,25-/m0/s1. The van der Waals surface area contributed by atoms with Crippen molar-refractivity contribution >= 4 is 29.1 Å². The van der Waals surface area contributed by atoms with Gasteiger partial charge in [0.15, 0.2) is 0 Å². The smallest absolute Gasteiger partial charge is 0.340 e. The lowest BCUT2D eigenvalue weighted by molar-refractivity contribution is -0.137. The van der Waals surface area contributed by atoms with Crippen molar-refractivity contribution in [3.8, 4) is 17.9 Å². The van der Waals surface area contributed by atoms with Gasteiger partial charge in [-0.15, -0.1) is 0 Å². The number of carbonyl (C=O) groups is 2. The van der Waals surface area contributed by atoms with Gasteiger partial charge in [-0.25, -0.2) is 18.7 Å². The van der Waals surface area contributed by atoms with E-state index in [1.54, 1.807) is 12.1 Å². The van der Waals surface area contributed by atoms with Crippen LogP contribution in [-0.4, -0.2) is 47.1 Å². The third kappa shape index (κ3) is 7.13. The molecular formula is C30H23F5N6O2. The minimum atomic E-state index is -4.89. The molecule has 1 fully saturated rings. The number of hydrogen-bond acceptors (Lipinski definition) is 6. The summed E-state index contributed by atoms with van der Waals surface area (Å²) in [6.45, 7) is 3.89. The molecule has 13 heteroatoms. The number of nitrogens with one attached hydrogen (secondary N) is 1. The first-order valence-corrected chi connectivity index (χ1v) is 12.8. The molecule has 43 heavy (non-hydrogen) atoms. The van der Waals surface area contributed by atoms with E-state index in [4.69, 9.17) is 0 Å². The molecule has 0 spiro atoms. The molecule has 1 aromatic carbocycles. The Morgan fingerprint density at radius 1 is 1.21 bits per heavy atom. The molecule has 1 aliphatic rings. The Labute approximate surface area is 243 Å². The lowest BCUT2D eigenvalue weighted by Gasteiger charge is -2.31. The molecule has 3 aromatic rings. The molecule has 220 valence electrons. The first kappa shape index (κ1) is 30.7. The monoisotopic (exact) mass is 594 g/mol. The number of rotatable bonds is 6. The number of alkyl halides is 4. The van der Waals surface area contributed by atoms with Crippen molar-refractivity contribution in [2.24, 2.45) is 0 Å². The van der Waals surface area contributed by atoms with Crippen LogP contribution >= 0.6 is 0 Å². The third-order valence-corrected chi connectivity index (χ3v) is 6.40. The lowest BCUT2D eigenvalue weighted by atomic mass is 10.1. The summed E-state index contributed by atoms with van der Waals surface area (Å²) in [5, 5.41) is 12.1. The van der Waals surface area contributed by atoms with Gasteiger partial charge < -0.3 is 10.2 Å². The number of carbonyl (C=O) groups excluding carboxylic acids is 2. The highest BCUT2D eigenvalue weighted by atomic mass is 19.4. The summed E-state index contributed by atoms with van der Waals surface area (Å²) in [7, 11) is 0. The van der Waals surface area contributed by atoms with Gasteiger partial charge in [-0.1, -0.05) is 18.6 Å². The van der Waals surface area contributed by atoms with E-state index >= 15 is 0 Å². The van der Waals surface area contributed by atoms with Crippen LogP contribution in [0.2, 0.25) is 0 Å². The molecule has 1 N–H and O–H groups in total. The lowest BCUT2D eigenvalue weighted by Crippen LogP contribution is -2.47. The second kappa shape index (κ2) is 12.7. The molecule has 2 aromatic heterocycles. The molecule has 8 nitrogen and oxygen atoms in total. The van der Waals surface area contributed by atoms with Crippen molar-refractivity contribution in [1.82, 2.24) is 9.97 Å². The van der Waals surface area contributed by atoms with E-state index in [2.05, 4.69) is 33.7 Å². The van der Waals surface area contributed by atoms with Gasteiger partial charge in [-0.2, -0.15) is 18.4 Å². The summed E-state index contributed by atoms with van der Waals surface area (Å²) < 4.78 is 69.8. The highest BCUT2D eigenvalue weighted by Gasteiger charge is 2.43. The molecule has 0 radical (unpaired) electrons.